The number of piperazine rings is 1. The lowest BCUT2D eigenvalue weighted by molar-refractivity contribution is -0.130. The highest BCUT2D eigenvalue weighted by molar-refractivity contribution is 5.78. The van der Waals surface area contributed by atoms with E-state index in [9.17, 15) is 24.2 Å². The van der Waals surface area contributed by atoms with Crippen LogP contribution in [0.2, 0.25) is 0 Å². The van der Waals surface area contributed by atoms with E-state index in [2.05, 4.69) is 25.6 Å². The number of nitrogens with one attached hydrogen (secondary N) is 3. The van der Waals surface area contributed by atoms with E-state index >= 15 is 0 Å². The van der Waals surface area contributed by atoms with E-state index in [1.165, 1.54) is 0 Å². The van der Waals surface area contributed by atoms with Crippen LogP contribution in [0.1, 0.15) is 6.23 Å². The molecule has 2 aromatic rings. The van der Waals surface area contributed by atoms with Gasteiger partial charge in [-0.2, -0.15) is 9.37 Å². The quantitative estimate of drug-likeness (QED) is 0.321. The molecule has 0 radical (unpaired) electrons. The Morgan fingerprint density at radius 3 is 2.86 bits per heavy atom. The smallest absolute Gasteiger partial charge is 0.293 e. The summed E-state index contributed by atoms with van der Waals surface area (Å²) in [6, 6.07) is 0. The lowest BCUT2D eigenvalue weighted by Gasteiger charge is -2.27. The zero-order valence-corrected chi connectivity index (χ0v) is 15.4. The fourth-order valence-electron chi connectivity index (χ4n) is 3.58. The molecule has 2 aromatic heterocycles. The fourth-order valence-corrected chi connectivity index (χ4v) is 3.58. The Balaban J connectivity index is 1.42. The van der Waals surface area contributed by atoms with E-state index < -0.39 is 36.2 Å². The number of hydrogen-bond donors (Lipinski definition) is 5. The van der Waals surface area contributed by atoms with E-state index in [1.54, 1.807) is 4.90 Å². The number of fused-ring (bicyclic) bond motifs is 1. The molecule has 0 unspecified atom stereocenters. The normalized spacial score (nSPS) is 27.6. The van der Waals surface area contributed by atoms with Crippen molar-refractivity contribution < 1.29 is 24.1 Å². The van der Waals surface area contributed by atoms with Crippen LogP contribution in [0.3, 0.4) is 0 Å². The number of aromatic amines is 1. The second-order valence-electron chi connectivity index (χ2n) is 6.96. The molecule has 0 aromatic carbocycles. The molecule has 2 saturated heterocycles. The van der Waals surface area contributed by atoms with Crippen molar-refractivity contribution in [1.82, 2.24) is 35.1 Å². The van der Waals surface area contributed by atoms with Gasteiger partial charge in [0.05, 0.1) is 12.9 Å². The summed E-state index contributed by atoms with van der Waals surface area (Å²) < 4.78 is 20.8. The lowest BCUT2D eigenvalue weighted by Crippen LogP contribution is -2.50. The number of rotatable bonds is 5. The van der Waals surface area contributed by atoms with Crippen LogP contribution in [-0.4, -0.2) is 98.1 Å². The SMILES string of the molecule is O=C(CNC[C@H]1O[C@@H](n2c(F)nc3c(=O)[nH]cnc32)[C@H](O)[C@@H]1O)N1CCNCC1. The van der Waals surface area contributed by atoms with Gasteiger partial charge in [0.25, 0.3) is 11.6 Å². The van der Waals surface area contributed by atoms with Crippen molar-refractivity contribution in [3.05, 3.63) is 22.8 Å². The second-order valence-corrected chi connectivity index (χ2v) is 6.96. The van der Waals surface area contributed by atoms with Gasteiger partial charge in [-0.3, -0.25) is 14.2 Å². The number of ether oxygens (including phenoxy) is 1. The highest BCUT2D eigenvalue weighted by Crippen LogP contribution is 2.31. The molecule has 0 saturated carbocycles. The largest absolute Gasteiger partial charge is 0.387 e. The molecular formula is C16H22FN7O5. The third-order valence-corrected chi connectivity index (χ3v) is 5.12. The second kappa shape index (κ2) is 8.12. The van der Waals surface area contributed by atoms with Crippen LogP contribution in [0.25, 0.3) is 11.2 Å². The van der Waals surface area contributed by atoms with Gasteiger partial charge >= 0.3 is 0 Å². The number of nitrogens with zero attached hydrogens (tertiary/aromatic N) is 4. The number of hydrogen-bond acceptors (Lipinski definition) is 9. The molecule has 2 fully saturated rings. The highest BCUT2D eigenvalue weighted by Gasteiger charge is 2.45. The van der Waals surface area contributed by atoms with Gasteiger partial charge in [0, 0.05) is 32.7 Å². The summed E-state index contributed by atoms with van der Waals surface area (Å²) in [6.45, 7) is 2.85. The number of carbonyl (C=O) groups is 1. The van der Waals surface area contributed by atoms with Crippen molar-refractivity contribution in [3.63, 3.8) is 0 Å². The van der Waals surface area contributed by atoms with E-state index in [0.717, 1.165) is 24.0 Å². The number of H-pyrrole nitrogens is 1. The predicted molar refractivity (Wildman–Crippen MR) is 96.3 cm³/mol. The molecule has 4 rings (SSSR count). The van der Waals surface area contributed by atoms with Gasteiger partial charge in [0.2, 0.25) is 5.91 Å². The molecular weight excluding hydrogens is 389 g/mol. The number of aliphatic hydroxyl groups is 2. The van der Waals surface area contributed by atoms with Crippen molar-refractivity contribution in [3.8, 4) is 0 Å². The van der Waals surface area contributed by atoms with Gasteiger partial charge < -0.3 is 35.5 Å². The monoisotopic (exact) mass is 411 g/mol. The molecule has 1 amide bonds. The minimum absolute atomic E-state index is 0.0483. The maximum absolute atomic E-state index is 14.3. The Morgan fingerprint density at radius 1 is 1.34 bits per heavy atom. The molecule has 2 aliphatic heterocycles. The van der Waals surface area contributed by atoms with Crippen LogP contribution in [0.15, 0.2) is 11.1 Å². The minimum Gasteiger partial charge on any atom is -0.387 e. The summed E-state index contributed by atoms with van der Waals surface area (Å²) in [5.41, 5.74) is -0.978. The standard InChI is InChI=1S/C16H22FN7O5/c17-16-22-10-13(20-7-21-14(10)28)24(16)15-12(27)11(26)8(29-15)5-19-6-9(25)23-3-1-18-2-4-23/h7-8,11-12,15,18-19,26-27H,1-6H2,(H,20,21,28)/t8-,11-,12-,15-/m1/s1. The molecule has 2 aliphatic rings. The van der Waals surface area contributed by atoms with Gasteiger partial charge in [-0.15, -0.1) is 0 Å². The zero-order valence-electron chi connectivity index (χ0n) is 15.4. The average Bonchev–Trinajstić information content (AvgIpc) is 3.20. The van der Waals surface area contributed by atoms with Crippen LogP contribution in [0.4, 0.5) is 4.39 Å². The fraction of sp³-hybridized carbons (Fsp3) is 0.625. The van der Waals surface area contributed by atoms with E-state index in [-0.39, 0.29) is 30.2 Å². The first kappa shape index (κ1) is 19.8. The van der Waals surface area contributed by atoms with Crippen molar-refractivity contribution in [2.45, 2.75) is 24.5 Å². The van der Waals surface area contributed by atoms with Crippen LogP contribution in [0.5, 0.6) is 0 Å². The molecule has 5 N–H and O–H groups in total. The van der Waals surface area contributed by atoms with Crippen LogP contribution in [0, 0.1) is 6.08 Å². The Bertz CT molecular complexity index is 943. The zero-order chi connectivity index (χ0) is 20.5. The van der Waals surface area contributed by atoms with E-state index in [0.29, 0.717) is 13.1 Å². The van der Waals surface area contributed by atoms with E-state index in [4.69, 9.17) is 4.74 Å². The van der Waals surface area contributed by atoms with Crippen molar-refractivity contribution in [1.29, 1.82) is 0 Å². The number of carbonyl (C=O) groups excluding carboxylic acids is 1. The number of aromatic nitrogens is 4. The Morgan fingerprint density at radius 2 is 2.10 bits per heavy atom. The third kappa shape index (κ3) is 3.74. The van der Waals surface area contributed by atoms with Crippen molar-refractivity contribution in [2.24, 2.45) is 0 Å². The third-order valence-electron chi connectivity index (χ3n) is 5.12. The molecule has 0 spiro atoms. The predicted octanol–water partition coefficient (Wildman–Crippen LogP) is -3.10. The number of halogens is 1. The maximum atomic E-state index is 14.3. The molecule has 4 heterocycles. The highest BCUT2D eigenvalue weighted by atomic mass is 19.1. The molecule has 4 atom stereocenters. The number of aliphatic hydroxyl groups excluding tert-OH is 2. The molecule has 0 aliphatic carbocycles. The first-order valence-corrected chi connectivity index (χ1v) is 9.29. The van der Waals surface area contributed by atoms with Gasteiger partial charge in [-0.1, -0.05) is 0 Å². The molecule has 158 valence electrons. The van der Waals surface area contributed by atoms with Gasteiger partial charge in [-0.25, -0.2) is 4.98 Å². The summed E-state index contributed by atoms with van der Waals surface area (Å²) >= 11 is 0. The first-order valence-electron chi connectivity index (χ1n) is 9.29. The summed E-state index contributed by atoms with van der Waals surface area (Å²) in [6.07, 6.45) is -5.01. The van der Waals surface area contributed by atoms with Crippen molar-refractivity contribution >= 4 is 17.1 Å². The molecule has 12 nitrogen and oxygen atoms in total. The van der Waals surface area contributed by atoms with Gasteiger partial charge in [0.15, 0.2) is 17.4 Å². The van der Waals surface area contributed by atoms with Crippen LogP contribution >= 0.6 is 0 Å². The van der Waals surface area contributed by atoms with Crippen LogP contribution < -0.4 is 16.2 Å². The van der Waals surface area contributed by atoms with Gasteiger partial charge in [-0.05, 0) is 0 Å². The molecule has 0 bridgehead atoms. The van der Waals surface area contributed by atoms with E-state index in [1.807, 2.05) is 0 Å². The topological polar surface area (TPSA) is 158 Å². The van der Waals surface area contributed by atoms with Crippen LogP contribution in [-0.2, 0) is 9.53 Å². The van der Waals surface area contributed by atoms with Gasteiger partial charge in [0.1, 0.15) is 18.3 Å². The summed E-state index contributed by atoms with van der Waals surface area (Å²) in [7, 11) is 0. The first-order chi connectivity index (χ1) is 14.0. The summed E-state index contributed by atoms with van der Waals surface area (Å²) in [5, 5.41) is 26.7. The molecule has 29 heavy (non-hydrogen) atoms. The average molecular weight is 411 g/mol. The molecule has 13 heteroatoms. The summed E-state index contributed by atoms with van der Waals surface area (Å²) in [5.74, 6) is -0.0776. The Kier molecular flexibility index (Phi) is 5.56. The Labute approximate surface area is 163 Å². The minimum atomic E-state index is -1.47. The lowest BCUT2D eigenvalue weighted by atomic mass is 10.1. The Hall–Kier alpha value is -2.45. The summed E-state index contributed by atoms with van der Waals surface area (Å²) in [4.78, 5) is 35.4. The maximum Gasteiger partial charge on any atom is 0.293 e. The number of imidazole rings is 1. The number of amides is 1. The van der Waals surface area contributed by atoms with Crippen molar-refractivity contribution in [2.75, 3.05) is 39.3 Å².